The predicted molar refractivity (Wildman–Crippen MR) is 85.2 cm³/mol. The minimum atomic E-state index is -4.75. The number of hydrogen-bond donors (Lipinski definition) is 0. The minimum Gasteiger partial charge on any atom is -0.381 e. The number of halogens is 4. The average Bonchev–Trinajstić information content (AvgIpc) is 3.16. The van der Waals surface area contributed by atoms with Crippen LogP contribution in [0.1, 0.15) is 11.1 Å². The molecule has 0 aliphatic carbocycles. The van der Waals surface area contributed by atoms with Gasteiger partial charge in [0, 0.05) is 5.56 Å². The second-order valence-electron chi connectivity index (χ2n) is 6.01. The van der Waals surface area contributed by atoms with Crippen LogP contribution in [0.4, 0.5) is 23.2 Å². The van der Waals surface area contributed by atoms with Gasteiger partial charge in [-0.25, -0.2) is 9.29 Å². The summed E-state index contributed by atoms with van der Waals surface area (Å²) >= 11 is 0. The van der Waals surface area contributed by atoms with Crippen LogP contribution in [0.2, 0.25) is 0 Å². The maximum Gasteiger partial charge on any atom is 0.418 e. The Morgan fingerprint density at radius 3 is 2.30 bits per heavy atom. The maximum absolute atomic E-state index is 13.3. The van der Waals surface area contributed by atoms with Gasteiger partial charge >= 0.3 is 6.18 Å². The summed E-state index contributed by atoms with van der Waals surface area (Å²) in [4.78, 5) is 30.9. The van der Waals surface area contributed by atoms with E-state index in [1.807, 2.05) is 0 Å². The molecule has 2 aromatic carbocycles. The number of oxime groups is 1. The van der Waals surface area contributed by atoms with Gasteiger partial charge in [0.1, 0.15) is 17.4 Å². The van der Waals surface area contributed by atoms with Crippen molar-refractivity contribution in [3.63, 3.8) is 0 Å². The summed E-state index contributed by atoms with van der Waals surface area (Å²) in [6.07, 6.45) is -6.09. The fraction of sp³-hybridized carbons (Fsp3) is 0.167. The van der Waals surface area contributed by atoms with Gasteiger partial charge in [0.2, 0.25) is 12.0 Å². The van der Waals surface area contributed by atoms with E-state index < -0.39 is 47.1 Å². The highest BCUT2D eigenvalue weighted by molar-refractivity contribution is 6.32. The number of carbonyl (C=O) groups excluding carboxylic acids is 2. The Bertz CT molecular complexity index is 969. The number of anilines is 1. The molecule has 4 rings (SSSR count). The first-order valence-electron chi connectivity index (χ1n) is 7.82. The molecule has 0 spiro atoms. The van der Waals surface area contributed by atoms with Crippen molar-refractivity contribution in [2.75, 3.05) is 4.90 Å². The van der Waals surface area contributed by atoms with Crippen molar-refractivity contribution >= 4 is 23.2 Å². The molecule has 1 saturated heterocycles. The minimum absolute atomic E-state index is 0.0744. The first-order valence-corrected chi connectivity index (χ1v) is 7.82. The summed E-state index contributed by atoms with van der Waals surface area (Å²) in [7, 11) is 0. The van der Waals surface area contributed by atoms with Crippen LogP contribution in [0.15, 0.2) is 53.7 Å². The van der Waals surface area contributed by atoms with Gasteiger partial charge in [-0.2, -0.15) is 13.2 Å². The summed E-state index contributed by atoms with van der Waals surface area (Å²) in [5.74, 6) is -3.50. The zero-order valence-corrected chi connectivity index (χ0v) is 13.4. The highest BCUT2D eigenvalue weighted by Crippen LogP contribution is 2.41. The van der Waals surface area contributed by atoms with Crippen LogP contribution in [0.5, 0.6) is 0 Å². The van der Waals surface area contributed by atoms with E-state index in [0.717, 1.165) is 24.3 Å². The number of hydrogen-bond acceptors (Lipinski definition) is 4. The van der Waals surface area contributed by atoms with Gasteiger partial charge in [0.05, 0.1) is 11.3 Å². The Balaban J connectivity index is 1.74. The Kier molecular flexibility index (Phi) is 3.76. The SMILES string of the molecule is O=C1[C@H]2C(c3ccc(F)cc3)=NO[C@H]2C(=O)N1c1ccccc1C(F)(F)F. The fourth-order valence-electron chi connectivity index (χ4n) is 3.18. The van der Waals surface area contributed by atoms with Crippen molar-refractivity contribution in [3.05, 3.63) is 65.5 Å². The Morgan fingerprint density at radius 2 is 1.63 bits per heavy atom. The van der Waals surface area contributed by atoms with Crippen molar-refractivity contribution in [1.29, 1.82) is 0 Å². The predicted octanol–water partition coefficient (Wildman–Crippen LogP) is 3.14. The van der Waals surface area contributed by atoms with Gasteiger partial charge in [-0.05, 0) is 24.3 Å². The monoisotopic (exact) mass is 378 g/mol. The molecular weight excluding hydrogens is 368 g/mol. The summed E-state index contributed by atoms with van der Waals surface area (Å²) < 4.78 is 53.0. The largest absolute Gasteiger partial charge is 0.418 e. The first-order chi connectivity index (χ1) is 12.8. The van der Waals surface area contributed by atoms with E-state index in [2.05, 4.69) is 5.16 Å². The third-order valence-electron chi connectivity index (χ3n) is 4.40. The van der Waals surface area contributed by atoms with Crippen LogP contribution in [0.25, 0.3) is 0 Å². The highest BCUT2D eigenvalue weighted by atomic mass is 19.4. The second kappa shape index (κ2) is 5.90. The van der Waals surface area contributed by atoms with E-state index in [1.165, 1.54) is 24.3 Å². The van der Waals surface area contributed by atoms with Crippen LogP contribution < -0.4 is 4.90 Å². The molecule has 0 unspecified atom stereocenters. The molecule has 5 nitrogen and oxygen atoms in total. The van der Waals surface area contributed by atoms with Crippen molar-refractivity contribution in [1.82, 2.24) is 0 Å². The van der Waals surface area contributed by atoms with Crippen molar-refractivity contribution in [2.24, 2.45) is 11.1 Å². The van der Waals surface area contributed by atoms with Gasteiger partial charge in [-0.1, -0.05) is 29.4 Å². The van der Waals surface area contributed by atoms with Crippen molar-refractivity contribution < 1.29 is 32.0 Å². The van der Waals surface area contributed by atoms with Crippen molar-refractivity contribution in [2.45, 2.75) is 12.3 Å². The summed E-state index contributed by atoms with van der Waals surface area (Å²) in [6.45, 7) is 0. The van der Waals surface area contributed by atoms with Crippen LogP contribution in [-0.2, 0) is 20.6 Å². The van der Waals surface area contributed by atoms with Gasteiger partial charge in [0.25, 0.3) is 5.91 Å². The number of rotatable bonds is 2. The molecule has 2 aliphatic heterocycles. The number of para-hydroxylation sites is 1. The lowest BCUT2D eigenvalue weighted by Gasteiger charge is -2.20. The number of imide groups is 1. The molecule has 0 N–H and O–H groups in total. The zero-order chi connectivity index (χ0) is 19.3. The standard InChI is InChI=1S/C18H10F4N2O3/c19-10-7-5-9(6-8-10)14-13-15(27-23-14)17(26)24(16(13)25)12-4-2-1-3-11(12)18(20,21)22/h1-8,13,15H/t13-,15+/m0/s1. The zero-order valence-electron chi connectivity index (χ0n) is 13.4. The third-order valence-corrected chi connectivity index (χ3v) is 4.40. The van der Waals surface area contributed by atoms with E-state index >= 15 is 0 Å². The molecule has 0 aromatic heterocycles. The van der Waals surface area contributed by atoms with Gasteiger partial charge < -0.3 is 4.84 Å². The molecule has 138 valence electrons. The molecule has 2 aliphatic rings. The lowest BCUT2D eigenvalue weighted by atomic mass is 9.94. The Labute approximate surface area is 149 Å². The lowest BCUT2D eigenvalue weighted by Crippen LogP contribution is -2.34. The lowest BCUT2D eigenvalue weighted by molar-refractivity contribution is -0.137. The molecule has 0 saturated carbocycles. The number of nitrogens with zero attached hydrogens (tertiary/aromatic N) is 2. The molecule has 2 heterocycles. The van der Waals surface area contributed by atoms with E-state index in [4.69, 9.17) is 4.84 Å². The van der Waals surface area contributed by atoms with Crippen LogP contribution >= 0.6 is 0 Å². The maximum atomic E-state index is 13.3. The number of amides is 2. The van der Waals surface area contributed by atoms with E-state index in [-0.39, 0.29) is 5.71 Å². The normalized spacial score (nSPS) is 21.9. The van der Waals surface area contributed by atoms with E-state index in [9.17, 15) is 27.2 Å². The van der Waals surface area contributed by atoms with Crippen LogP contribution in [0.3, 0.4) is 0 Å². The molecule has 27 heavy (non-hydrogen) atoms. The number of fused-ring (bicyclic) bond motifs is 1. The third kappa shape index (κ3) is 2.66. The van der Waals surface area contributed by atoms with E-state index in [0.29, 0.717) is 10.5 Å². The number of benzene rings is 2. The molecule has 0 radical (unpaired) electrons. The van der Waals surface area contributed by atoms with Crippen LogP contribution in [0, 0.1) is 11.7 Å². The molecule has 9 heteroatoms. The summed E-state index contributed by atoms with van der Waals surface area (Å²) in [5, 5.41) is 3.72. The quantitative estimate of drug-likeness (QED) is 0.596. The van der Waals surface area contributed by atoms with Crippen LogP contribution in [-0.4, -0.2) is 23.6 Å². The molecule has 1 fully saturated rings. The smallest absolute Gasteiger partial charge is 0.381 e. The average molecular weight is 378 g/mol. The summed E-state index contributed by atoms with van der Waals surface area (Å²) in [6, 6.07) is 9.30. The molecule has 2 atom stereocenters. The number of alkyl halides is 3. The van der Waals surface area contributed by atoms with E-state index in [1.54, 1.807) is 0 Å². The van der Waals surface area contributed by atoms with Gasteiger partial charge in [0.15, 0.2) is 0 Å². The Hall–Kier alpha value is -3.23. The Morgan fingerprint density at radius 1 is 0.963 bits per heavy atom. The molecule has 2 aromatic rings. The molecular formula is C18H10F4N2O3. The summed E-state index contributed by atoms with van der Waals surface area (Å²) in [5.41, 5.74) is -1.25. The molecule has 2 amide bonds. The van der Waals surface area contributed by atoms with Crippen molar-refractivity contribution in [3.8, 4) is 0 Å². The second-order valence-corrected chi connectivity index (χ2v) is 6.01. The first kappa shape index (κ1) is 17.2. The molecule has 0 bridgehead atoms. The highest BCUT2D eigenvalue weighted by Gasteiger charge is 2.57. The topological polar surface area (TPSA) is 59.0 Å². The van der Waals surface area contributed by atoms with Gasteiger partial charge in [-0.15, -0.1) is 0 Å². The number of carbonyl (C=O) groups is 2. The van der Waals surface area contributed by atoms with Gasteiger partial charge in [-0.3, -0.25) is 9.59 Å². The fourth-order valence-corrected chi connectivity index (χ4v) is 3.18.